The number of hydrogen-bond donors (Lipinski definition) is 2. The highest BCUT2D eigenvalue weighted by atomic mass is 19.1. The molecule has 142 valence electrons. The van der Waals surface area contributed by atoms with Gasteiger partial charge in [0.05, 0.1) is 0 Å². The number of para-hydroxylation sites is 2. The lowest BCUT2D eigenvalue weighted by molar-refractivity contribution is -0.123. The van der Waals surface area contributed by atoms with Crippen molar-refractivity contribution in [2.75, 3.05) is 10.6 Å². The third kappa shape index (κ3) is 5.14. The van der Waals surface area contributed by atoms with Gasteiger partial charge in [-0.3, -0.25) is 9.59 Å². The first-order valence-electron chi connectivity index (χ1n) is 8.38. The molecule has 2 amide bonds. The van der Waals surface area contributed by atoms with Crippen LogP contribution in [0.1, 0.15) is 6.42 Å². The van der Waals surface area contributed by atoms with Gasteiger partial charge in [-0.1, -0.05) is 24.3 Å². The van der Waals surface area contributed by atoms with E-state index in [1.54, 1.807) is 24.3 Å². The maximum Gasteiger partial charge on any atom is 0.233 e. The minimum absolute atomic E-state index is 0.454. The second-order valence-corrected chi connectivity index (χ2v) is 5.81. The summed E-state index contributed by atoms with van der Waals surface area (Å²) in [6.45, 7) is 0. The molecule has 2 N–H and O–H groups in total. The number of carbonyl (C=O) groups excluding carboxylic acids is 2. The quantitative estimate of drug-likeness (QED) is 0.606. The molecule has 0 radical (unpaired) electrons. The third-order valence-corrected chi connectivity index (χ3v) is 3.67. The summed E-state index contributed by atoms with van der Waals surface area (Å²) < 4.78 is 32.7. The van der Waals surface area contributed by atoms with Crippen molar-refractivity contribution in [1.82, 2.24) is 0 Å². The van der Waals surface area contributed by atoms with E-state index < -0.39 is 35.6 Å². The van der Waals surface area contributed by atoms with E-state index in [4.69, 9.17) is 4.74 Å². The number of benzene rings is 3. The standard InChI is InChI=1S/C21H16F2N2O3/c22-17-7-4-8-18(23)21(17)25-20(27)13-19(26)24-14-9-11-16(12-10-14)28-15-5-2-1-3-6-15/h1-12H,13H2,(H,24,26)(H,25,27). The van der Waals surface area contributed by atoms with Crippen LogP contribution in [0.2, 0.25) is 0 Å². The first-order chi connectivity index (χ1) is 13.5. The molecule has 3 aromatic rings. The lowest BCUT2D eigenvalue weighted by Crippen LogP contribution is -2.22. The van der Waals surface area contributed by atoms with Gasteiger partial charge in [-0.15, -0.1) is 0 Å². The van der Waals surface area contributed by atoms with Crippen LogP contribution in [-0.2, 0) is 9.59 Å². The molecule has 0 aliphatic heterocycles. The molecule has 0 aliphatic carbocycles. The van der Waals surface area contributed by atoms with Gasteiger partial charge < -0.3 is 15.4 Å². The van der Waals surface area contributed by atoms with Crippen LogP contribution in [-0.4, -0.2) is 11.8 Å². The summed E-state index contributed by atoms with van der Waals surface area (Å²) in [7, 11) is 0. The number of halogens is 2. The van der Waals surface area contributed by atoms with E-state index in [9.17, 15) is 18.4 Å². The molecule has 0 aliphatic rings. The van der Waals surface area contributed by atoms with Crippen LogP contribution < -0.4 is 15.4 Å². The maximum absolute atomic E-state index is 13.5. The van der Waals surface area contributed by atoms with Gasteiger partial charge in [-0.05, 0) is 48.5 Å². The Labute approximate surface area is 160 Å². The minimum Gasteiger partial charge on any atom is -0.457 e. The highest BCUT2D eigenvalue weighted by Crippen LogP contribution is 2.23. The summed E-state index contributed by atoms with van der Waals surface area (Å²) in [5.74, 6) is -2.02. The Hall–Kier alpha value is -3.74. The summed E-state index contributed by atoms with van der Waals surface area (Å²) in [4.78, 5) is 23.8. The number of nitrogens with one attached hydrogen (secondary N) is 2. The minimum atomic E-state index is -0.914. The summed E-state index contributed by atoms with van der Waals surface area (Å²) in [6.07, 6.45) is -0.587. The second kappa shape index (κ2) is 8.77. The van der Waals surface area contributed by atoms with Gasteiger partial charge in [0.15, 0.2) is 0 Å². The van der Waals surface area contributed by atoms with E-state index in [1.807, 2.05) is 30.3 Å². The van der Waals surface area contributed by atoms with Crippen molar-refractivity contribution < 1.29 is 23.1 Å². The van der Waals surface area contributed by atoms with Crippen molar-refractivity contribution in [2.24, 2.45) is 0 Å². The van der Waals surface area contributed by atoms with Gasteiger partial charge in [0.1, 0.15) is 35.2 Å². The zero-order chi connectivity index (χ0) is 19.9. The molecule has 0 bridgehead atoms. The molecular weight excluding hydrogens is 366 g/mol. The van der Waals surface area contributed by atoms with Crippen molar-refractivity contribution >= 4 is 23.2 Å². The van der Waals surface area contributed by atoms with Gasteiger partial charge in [0.2, 0.25) is 11.8 Å². The number of ether oxygens (including phenoxy) is 1. The fraction of sp³-hybridized carbons (Fsp3) is 0.0476. The summed E-state index contributed by atoms with van der Waals surface area (Å²) >= 11 is 0. The SMILES string of the molecule is O=C(CC(=O)Nc1c(F)cccc1F)Nc1ccc(Oc2ccccc2)cc1. The Morgan fingerprint density at radius 3 is 1.93 bits per heavy atom. The maximum atomic E-state index is 13.5. The van der Waals surface area contributed by atoms with E-state index in [2.05, 4.69) is 10.6 Å². The molecule has 0 unspecified atom stereocenters. The van der Waals surface area contributed by atoms with Crippen molar-refractivity contribution in [1.29, 1.82) is 0 Å². The van der Waals surface area contributed by atoms with E-state index in [1.165, 1.54) is 6.07 Å². The number of rotatable bonds is 6. The van der Waals surface area contributed by atoms with Gasteiger partial charge in [0.25, 0.3) is 0 Å². The van der Waals surface area contributed by atoms with Gasteiger partial charge >= 0.3 is 0 Å². The molecule has 0 saturated heterocycles. The Morgan fingerprint density at radius 2 is 1.29 bits per heavy atom. The van der Waals surface area contributed by atoms with E-state index in [0.29, 0.717) is 17.2 Å². The van der Waals surface area contributed by atoms with E-state index in [-0.39, 0.29) is 0 Å². The molecule has 5 nitrogen and oxygen atoms in total. The van der Waals surface area contributed by atoms with Crippen LogP contribution in [0.4, 0.5) is 20.2 Å². The average molecular weight is 382 g/mol. The van der Waals surface area contributed by atoms with Gasteiger partial charge in [0, 0.05) is 5.69 Å². The number of hydrogen-bond acceptors (Lipinski definition) is 3. The van der Waals surface area contributed by atoms with Crippen LogP contribution in [0.15, 0.2) is 72.8 Å². The highest BCUT2D eigenvalue weighted by Gasteiger charge is 2.15. The Balaban J connectivity index is 1.53. The van der Waals surface area contributed by atoms with Crippen LogP contribution >= 0.6 is 0 Å². The van der Waals surface area contributed by atoms with E-state index >= 15 is 0 Å². The van der Waals surface area contributed by atoms with Crippen LogP contribution in [0.5, 0.6) is 11.5 Å². The molecular formula is C21H16F2N2O3. The fourth-order valence-electron chi connectivity index (χ4n) is 2.38. The monoisotopic (exact) mass is 382 g/mol. The smallest absolute Gasteiger partial charge is 0.233 e. The molecule has 0 spiro atoms. The van der Waals surface area contributed by atoms with Crippen molar-refractivity contribution in [3.05, 3.63) is 84.4 Å². The molecule has 0 heterocycles. The van der Waals surface area contributed by atoms with Crippen LogP contribution in [0.25, 0.3) is 0 Å². The number of carbonyl (C=O) groups is 2. The number of amides is 2. The topological polar surface area (TPSA) is 67.4 Å². The predicted octanol–water partition coefficient (Wildman–Crippen LogP) is 4.72. The lowest BCUT2D eigenvalue weighted by atomic mass is 10.2. The van der Waals surface area contributed by atoms with Gasteiger partial charge in [-0.2, -0.15) is 0 Å². The van der Waals surface area contributed by atoms with Crippen LogP contribution in [0.3, 0.4) is 0 Å². The Morgan fingerprint density at radius 1 is 0.714 bits per heavy atom. The molecule has 28 heavy (non-hydrogen) atoms. The normalized spacial score (nSPS) is 10.2. The van der Waals surface area contributed by atoms with Crippen molar-refractivity contribution in [3.8, 4) is 11.5 Å². The largest absolute Gasteiger partial charge is 0.457 e. The molecule has 0 atom stereocenters. The highest BCUT2D eigenvalue weighted by molar-refractivity contribution is 6.08. The summed E-state index contributed by atoms with van der Waals surface area (Å²) in [6, 6.07) is 19.0. The average Bonchev–Trinajstić information content (AvgIpc) is 2.67. The first-order valence-corrected chi connectivity index (χ1v) is 8.38. The van der Waals surface area contributed by atoms with Gasteiger partial charge in [-0.25, -0.2) is 8.78 Å². The number of anilines is 2. The molecule has 7 heteroatoms. The predicted molar refractivity (Wildman–Crippen MR) is 101 cm³/mol. The fourth-order valence-corrected chi connectivity index (χ4v) is 2.38. The Kier molecular flexibility index (Phi) is 5.96. The Bertz CT molecular complexity index is 956. The van der Waals surface area contributed by atoms with Crippen molar-refractivity contribution in [3.63, 3.8) is 0 Å². The summed E-state index contributed by atoms with van der Waals surface area (Å²) in [5, 5.41) is 4.60. The molecule has 3 aromatic carbocycles. The molecule has 3 rings (SSSR count). The van der Waals surface area contributed by atoms with Crippen molar-refractivity contribution in [2.45, 2.75) is 6.42 Å². The molecule has 0 saturated carbocycles. The third-order valence-electron chi connectivity index (χ3n) is 3.67. The zero-order valence-corrected chi connectivity index (χ0v) is 14.6. The summed E-state index contributed by atoms with van der Waals surface area (Å²) in [5.41, 5.74) is -0.127. The lowest BCUT2D eigenvalue weighted by Gasteiger charge is -2.09. The molecule has 0 aromatic heterocycles. The van der Waals surface area contributed by atoms with E-state index in [0.717, 1.165) is 12.1 Å². The first kappa shape index (κ1) is 19.0. The van der Waals surface area contributed by atoms with Crippen LogP contribution in [0, 0.1) is 11.6 Å². The second-order valence-electron chi connectivity index (χ2n) is 5.81. The zero-order valence-electron chi connectivity index (χ0n) is 14.6. The molecule has 0 fully saturated rings.